The van der Waals surface area contributed by atoms with Gasteiger partial charge in [-0.1, -0.05) is 20.8 Å². The highest BCUT2D eigenvalue weighted by atomic mass is 32.2. The number of hydrogen-bond acceptors (Lipinski definition) is 6. The van der Waals surface area contributed by atoms with E-state index in [-0.39, 0.29) is 17.8 Å². The van der Waals surface area contributed by atoms with Crippen LogP contribution in [-0.4, -0.2) is 68.3 Å². The minimum Gasteiger partial charge on any atom is -0.444 e. The average Bonchev–Trinajstić information content (AvgIpc) is 2.84. The molecule has 1 fully saturated rings. The quantitative estimate of drug-likeness (QED) is 0.765. The van der Waals surface area contributed by atoms with Gasteiger partial charge in [-0.3, -0.25) is 4.90 Å². The van der Waals surface area contributed by atoms with Crippen molar-refractivity contribution in [2.75, 3.05) is 45.6 Å². The first-order valence-electron chi connectivity index (χ1n) is 8.36. The molecule has 0 saturated carbocycles. The first-order valence-corrected chi connectivity index (χ1v) is 9.97. The predicted molar refractivity (Wildman–Crippen MR) is 92.3 cm³/mol. The molecular formula is C16H29N3O4S. The topological polar surface area (TPSA) is 75.9 Å². The van der Waals surface area contributed by atoms with Crippen molar-refractivity contribution >= 4 is 10.0 Å². The summed E-state index contributed by atoms with van der Waals surface area (Å²) < 4.78 is 36.8. The second-order valence-corrected chi connectivity index (χ2v) is 9.29. The molecule has 1 aromatic heterocycles. The summed E-state index contributed by atoms with van der Waals surface area (Å²) in [7, 11) is -1.72. The zero-order chi connectivity index (χ0) is 17.8. The van der Waals surface area contributed by atoms with Crippen LogP contribution in [0.25, 0.3) is 0 Å². The lowest BCUT2D eigenvalue weighted by Gasteiger charge is -2.21. The van der Waals surface area contributed by atoms with Crippen molar-refractivity contribution in [2.45, 2.75) is 39.2 Å². The molecule has 0 aromatic carbocycles. The van der Waals surface area contributed by atoms with Crippen molar-refractivity contribution in [3.05, 3.63) is 17.8 Å². The largest absolute Gasteiger partial charge is 0.444 e. The fourth-order valence-corrected chi connectivity index (χ4v) is 4.03. The molecule has 0 aliphatic carbocycles. The summed E-state index contributed by atoms with van der Waals surface area (Å²) in [5.74, 6) is 1.60. The van der Waals surface area contributed by atoms with Crippen LogP contribution in [0.3, 0.4) is 0 Å². The van der Waals surface area contributed by atoms with Gasteiger partial charge < -0.3 is 9.15 Å². The van der Waals surface area contributed by atoms with Gasteiger partial charge in [0.25, 0.3) is 0 Å². The van der Waals surface area contributed by atoms with Crippen molar-refractivity contribution in [1.82, 2.24) is 14.2 Å². The first kappa shape index (κ1) is 19.4. The average molecular weight is 359 g/mol. The Hall–Kier alpha value is -0.960. The van der Waals surface area contributed by atoms with Crippen LogP contribution < -0.4 is 0 Å². The minimum absolute atomic E-state index is 0.0399. The highest BCUT2D eigenvalue weighted by molar-refractivity contribution is 7.89. The van der Waals surface area contributed by atoms with E-state index in [1.807, 2.05) is 0 Å². The van der Waals surface area contributed by atoms with Gasteiger partial charge in [-0.15, -0.1) is 0 Å². The molecular weight excluding hydrogens is 330 g/mol. The second-order valence-electron chi connectivity index (χ2n) is 7.21. The minimum atomic E-state index is -3.24. The Labute approximate surface area is 145 Å². The van der Waals surface area contributed by atoms with Crippen LogP contribution >= 0.6 is 0 Å². The maximum absolute atomic E-state index is 12.3. The molecule has 0 unspecified atom stereocenters. The van der Waals surface area contributed by atoms with E-state index in [1.54, 1.807) is 10.5 Å². The van der Waals surface area contributed by atoms with Crippen molar-refractivity contribution in [3.8, 4) is 0 Å². The van der Waals surface area contributed by atoms with Gasteiger partial charge in [0.05, 0.1) is 25.1 Å². The van der Waals surface area contributed by atoms with E-state index >= 15 is 0 Å². The molecule has 0 N–H and O–H groups in total. The van der Waals surface area contributed by atoms with Gasteiger partial charge in [0.15, 0.2) is 0 Å². The third-order valence-electron chi connectivity index (χ3n) is 4.14. The van der Waals surface area contributed by atoms with Crippen molar-refractivity contribution in [2.24, 2.45) is 0 Å². The molecule has 2 rings (SSSR count). The Morgan fingerprint density at radius 2 is 2.00 bits per heavy atom. The Kier molecular flexibility index (Phi) is 6.41. The molecule has 0 radical (unpaired) electrons. The number of ether oxygens (including phenoxy) is 1. The predicted octanol–water partition coefficient (Wildman–Crippen LogP) is 1.46. The number of hydrogen-bond donors (Lipinski definition) is 0. The molecule has 8 heteroatoms. The lowest BCUT2D eigenvalue weighted by atomic mass is 9.94. The van der Waals surface area contributed by atoms with E-state index in [1.165, 1.54) is 7.11 Å². The number of rotatable bonds is 6. The second kappa shape index (κ2) is 7.95. The number of aromatic nitrogens is 1. The van der Waals surface area contributed by atoms with E-state index in [9.17, 15) is 8.42 Å². The summed E-state index contributed by atoms with van der Waals surface area (Å²) in [5.41, 5.74) is -0.0593. The normalized spacial score (nSPS) is 18.7. The van der Waals surface area contributed by atoms with Gasteiger partial charge in [0.1, 0.15) is 5.76 Å². The zero-order valence-corrected chi connectivity index (χ0v) is 15.9. The van der Waals surface area contributed by atoms with Crippen LogP contribution in [-0.2, 0) is 26.7 Å². The molecule has 0 spiro atoms. The third-order valence-corrected chi connectivity index (χ3v) is 5.97. The van der Waals surface area contributed by atoms with E-state index < -0.39 is 10.0 Å². The van der Waals surface area contributed by atoms with Crippen LogP contribution in [0.5, 0.6) is 0 Å². The Morgan fingerprint density at radius 1 is 1.25 bits per heavy atom. The smallest absolute Gasteiger partial charge is 0.216 e. The first-order chi connectivity index (χ1) is 11.2. The molecule has 138 valence electrons. The maximum atomic E-state index is 12.3. The molecule has 7 nitrogen and oxygen atoms in total. The number of sulfonamides is 1. The summed E-state index contributed by atoms with van der Waals surface area (Å²) in [4.78, 5) is 6.56. The van der Waals surface area contributed by atoms with Gasteiger partial charge >= 0.3 is 0 Å². The summed E-state index contributed by atoms with van der Waals surface area (Å²) in [6, 6.07) is 0. The van der Waals surface area contributed by atoms with Crippen LogP contribution in [0.1, 0.15) is 38.8 Å². The van der Waals surface area contributed by atoms with Crippen LogP contribution in [0.2, 0.25) is 0 Å². The fraction of sp³-hybridized carbons (Fsp3) is 0.812. The lowest BCUT2D eigenvalue weighted by molar-refractivity contribution is 0.215. The number of oxazole rings is 1. The van der Waals surface area contributed by atoms with Gasteiger partial charge in [-0.25, -0.2) is 17.7 Å². The van der Waals surface area contributed by atoms with Gasteiger partial charge in [0, 0.05) is 32.2 Å². The number of nitrogens with zero attached hydrogens (tertiary/aromatic N) is 3. The molecule has 0 atom stereocenters. The van der Waals surface area contributed by atoms with Crippen molar-refractivity contribution in [3.63, 3.8) is 0 Å². The molecule has 24 heavy (non-hydrogen) atoms. The monoisotopic (exact) mass is 359 g/mol. The third kappa shape index (κ3) is 5.27. The molecule has 1 saturated heterocycles. The van der Waals surface area contributed by atoms with Gasteiger partial charge in [0.2, 0.25) is 15.9 Å². The summed E-state index contributed by atoms with van der Waals surface area (Å²) >= 11 is 0. The SMILES string of the molecule is COCCS(=O)(=O)N1CCCN(Cc2ncc(C(C)(C)C)o2)CC1. The highest BCUT2D eigenvalue weighted by Crippen LogP contribution is 2.23. The lowest BCUT2D eigenvalue weighted by Crippen LogP contribution is -2.37. The van der Waals surface area contributed by atoms with Crippen LogP contribution in [0.4, 0.5) is 0 Å². The van der Waals surface area contributed by atoms with E-state index in [0.717, 1.165) is 18.7 Å². The molecule has 0 amide bonds. The number of methoxy groups -OCH3 is 1. The summed E-state index contributed by atoms with van der Waals surface area (Å²) in [6.45, 7) is 9.68. The van der Waals surface area contributed by atoms with Crippen LogP contribution in [0, 0.1) is 0 Å². The van der Waals surface area contributed by atoms with Crippen LogP contribution in [0.15, 0.2) is 10.6 Å². The van der Waals surface area contributed by atoms with Crippen molar-refractivity contribution < 1.29 is 17.6 Å². The molecule has 0 bridgehead atoms. The Balaban J connectivity index is 1.92. The van der Waals surface area contributed by atoms with Gasteiger partial charge in [-0.2, -0.15) is 0 Å². The van der Waals surface area contributed by atoms with Crippen molar-refractivity contribution in [1.29, 1.82) is 0 Å². The van der Waals surface area contributed by atoms with E-state index in [0.29, 0.717) is 32.1 Å². The molecule has 1 aliphatic rings. The zero-order valence-electron chi connectivity index (χ0n) is 15.1. The summed E-state index contributed by atoms with van der Waals surface area (Å²) in [5, 5.41) is 0. The fourth-order valence-electron chi connectivity index (χ4n) is 2.62. The van der Waals surface area contributed by atoms with E-state index in [2.05, 4.69) is 30.7 Å². The Bertz CT molecular complexity index is 622. The molecule has 1 aliphatic heterocycles. The van der Waals surface area contributed by atoms with Gasteiger partial charge in [-0.05, 0) is 13.0 Å². The standard InChI is InChI=1S/C16H29N3O4S/c1-16(2,3)14-12-17-15(23-14)13-18-6-5-7-19(9-8-18)24(20,21)11-10-22-4/h12H,5-11,13H2,1-4H3. The molecule has 1 aromatic rings. The van der Waals surface area contributed by atoms with E-state index in [4.69, 9.17) is 9.15 Å². The highest BCUT2D eigenvalue weighted by Gasteiger charge is 2.26. The Morgan fingerprint density at radius 3 is 2.62 bits per heavy atom. The summed E-state index contributed by atoms with van der Waals surface area (Å²) in [6.07, 6.45) is 2.59. The maximum Gasteiger partial charge on any atom is 0.216 e. The molecule has 2 heterocycles.